The first-order valence-corrected chi connectivity index (χ1v) is 9.57. The van der Waals surface area contributed by atoms with Gasteiger partial charge in [-0.05, 0) is 67.5 Å². The smallest absolute Gasteiger partial charge is 0.348 e. The van der Waals surface area contributed by atoms with E-state index in [1.807, 2.05) is 19.1 Å². The van der Waals surface area contributed by atoms with E-state index < -0.39 is 0 Å². The number of rotatable bonds is 6. The van der Waals surface area contributed by atoms with Crippen LogP contribution < -0.4 is 0 Å². The Morgan fingerprint density at radius 3 is 2.40 bits per heavy atom. The van der Waals surface area contributed by atoms with Crippen LogP contribution >= 0.6 is 24.0 Å². The van der Waals surface area contributed by atoms with Crippen molar-refractivity contribution in [2.75, 3.05) is 6.61 Å². The second-order valence-corrected chi connectivity index (χ2v) is 7.73. The molecule has 1 aromatic carbocycles. The third-order valence-corrected chi connectivity index (χ3v) is 5.44. The molecule has 2 rings (SSSR count). The summed E-state index contributed by atoms with van der Waals surface area (Å²) in [6.45, 7) is 8.45. The number of ether oxygens (including phenoxy) is 1. The summed E-state index contributed by atoms with van der Waals surface area (Å²) in [6.07, 6.45) is 2.96. The van der Waals surface area contributed by atoms with Crippen LogP contribution in [0.3, 0.4) is 0 Å². The van der Waals surface area contributed by atoms with E-state index in [4.69, 9.17) is 4.74 Å². The average Bonchev–Trinajstić information content (AvgIpc) is 3.04. The topological polar surface area (TPSA) is 26.3 Å². The number of hydrogen-bond donors (Lipinski definition) is 1. The van der Waals surface area contributed by atoms with Gasteiger partial charge in [-0.25, -0.2) is 4.79 Å². The predicted molar refractivity (Wildman–Crippen MR) is 111 cm³/mol. The number of carbonyl (C=O) groups is 1. The van der Waals surface area contributed by atoms with Gasteiger partial charge in [0.05, 0.1) is 6.61 Å². The maximum atomic E-state index is 11.7. The molecule has 0 fully saturated rings. The minimum Gasteiger partial charge on any atom is -0.462 e. The Morgan fingerprint density at radius 2 is 1.80 bits per heavy atom. The van der Waals surface area contributed by atoms with Crippen molar-refractivity contribution in [3.8, 4) is 0 Å². The van der Waals surface area contributed by atoms with Crippen molar-refractivity contribution in [3.63, 3.8) is 0 Å². The maximum absolute atomic E-state index is 11.7. The summed E-state index contributed by atoms with van der Waals surface area (Å²) < 4.78 is 5.03. The van der Waals surface area contributed by atoms with Crippen molar-refractivity contribution in [1.29, 1.82) is 0 Å². The molecule has 0 saturated heterocycles. The molecule has 2 aromatic rings. The van der Waals surface area contributed by atoms with Crippen molar-refractivity contribution in [1.82, 2.24) is 0 Å². The Hall–Kier alpha value is -1.78. The number of benzene rings is 1. The molecule has 1 aromatic heterocycles. The molecule has 1 heterocycles. The lowest BCUT2D eigenvalue weighted by molar-refractivity contribution is 0.0532. The van der Waals surface area contributed by atoms with Gasteiger partial charge in [0.1, 0.15) is 4.88 Å². The van der Waals surface area contributed by atoms with Gasteiger partial charge >= 0.3 is 5.97 Å². The SMILES string of the molecule is CCOC(=O)c1ccc(C=C(C)c2ccc(CC(S)=C(C)C)cc2)s1. The van der Waals surface area contributed by atoms with E-state index >= 15 is 0 Å². The first kappa shape index (κ1) is 19.5. The zero-order chi connectivity index (χ0) is 18.4. The maximum Gasteiger partial charge on any atom is 0.348 e. The molecule has 132 valence electrons. The van der Waals surface area contributed by atoms with Gasteiger partial charge < -0.3 is 4.74 Å². The zero-order valence-corrected chi connectivity index (χ0v) is 16.8. The molecule has 0 saturated carbocycles. The van der Waals surface area contributed by atoms with Crippen LogP contribution in [0.4, 0.5) is 0 Å². The molecule has 4 heteroatoms. The Morgan fingerprint density at radius 1 is 1.12 bits per heavy atom. The number of thiophene rings is 1. The lowest BCUT2D eigenvalue weighted by Gasteiger charge is -2.06. The highest BCUT2D eigenvalue weighted by Gasteiger charge is 2.09. The van der Waals surface area contributed by atoms with E-state index in [-0.39, 0.29) is 5.97 Å². The average molecular weight is 373 g/mol. The van der Waals surface area contributed by atoms with Crippen molar-refractivity contribution < 1.29 is 9.53 Å². The normalized spacial score (nSPS) is 11.3. The molecule has 25 heavy (non-hydrogen) atoms. The second kappa shape index (κ2) is 9.07. The molecule has 0 aliphatic carbocycles. The van der Waals surface area contributed by atoms with E-state index in [0.29, 0.717) is 11.5 Å². The van der Waals surface area contributed by atoms with Gasteiger partial charge in [-0.1, -0.05) is 29.8 Å². The van der Waals surface area contributed by atoms with E-state index in [2.05, 4.69) is 63.7 Å². The zero-order valence-electron chi connectivity index (χ0n) is 15.1. The fourth-order valence-electron chi connectivity index (χ4n) is 2.29. The molecule has 0 amide bonds. The molecule has 0 atom stereocenters. The fourth-order valence-corrected chi connectivity index (χ4v) is 3.38. The highest BCUT2D eigenvalue weighted by Crippen LogP contribution is 2.25. The van der Waals surface area contributed by atoms with Crippen molar-refractivity contribution >= 4 is 41.6 Å². The van der Waals surface area contributed by atoms with Gasteiger partial charge in [-0.2, -0.15) is 0 Å². The van der Waals surface area contributed by atoms with Crippen LogP contribution in [0.2, 0.25) is 0 Å². The lowest BCUT2D eigenvalue weighted by atomic mass is 10.0. The standard InChI is InChI=1S/C21H24O2S2/c1-5-23-21(22)20-11-10-18(25-20)12-15(4)17-8-6-16(7-9-17)13-19(24)14(2)3/h6-12,24H,5,13H2,1-4H3. The number of hydrogen-bond acceptors (Lipinski definition) is 4. The molecule has 0 N–H and O–H groups in total. The van der Waals surface area contributed by atoms with Crippen LogP contribution in [-0.4, -0.2) is 12.6 Å². The summed E-state index contributed by atoms with van der Waals surface area (Å²) in [5.41, 5.74) is 4.84. The van der Waals surface area contributed by atoms with Gasteiger partial charge in [0.2, 0.25) is 0 Å². The fraction of sp³-hybridized carbons (Fsp3) is 0.286. The quantitative estimate of drug-likeness (QED) is 0.479. The molecule has 2 nitrogen and oxygen atoms in total. The Bertz CT molecular complexity index is 792. The summed E-state index contributed by atoms with van der Waals surface area (Å²) >= 11 is 5.99. The van der Waals surface area contributed by atoms with E-state index in [9.17, 15) is 4.79 Å². The Balaban J connectivity index is 2.12. The number of carbonyl (C=O) groups excluding carboxylic acids is 1. The Kier molecular flexibility index (Phi) is 7.09. The van der Waals surface area contributed by atoms with Crippen LogP contribution in [0, 0.1) is 0 Å². The molecule has 0 radical (unpaired) electrons. The molecular weight excluding hydrogens is 348 g/mol. The monoisotopic (exact) mass is 372 g/mol. The van der Waals surface area contributed by atoms with Gasteiger partial charge in [0, 0.05) is 11.3 Å². The third kappa shape index (κ3) is 5.62. The minimum absolute atomic E-state index is 0.254. The van der Waals surface area contributed by atoms with Gasteiger partial charge in [0.25, 0.3) is 0 Å². The number of allylic oxidation sites excluding steroid dienone is 3. The summed E-state index contributed by atoms with van der Waals surface area (Å²) in [7, 11) is 0. The van der Waals surface area contributed by atoms with Crippen LogP contribution in [0.1, 0.15) is 53.4 Å². The van der Waals surface area contributed by atoms with Crippen LogP contribution in [0.15, 0.2) is 46.9 Å². The minimum atomic E-state index is -0.254. The number of thiol groups is 1. The number of esters is 1. The molecule has 0 aliphatic heterocycles. The van der Waals surface area contributed by atoms with Crippen LogP contribution in [-0.2, 0) is 11.2 Å². The summed E-state index contributed by atoms with van der Waals surface area (Å²) in [5, 5.41) is 0. The summed E-state index contributed by atoms with van der Waals surface area (Å²) in [6, 6.07) is 12.3. The largest absolute Gasteiger partial charge is 0.462 e. The summed E-state index contributed by atoms with van der Waals surface area (Å²) in [4.78, 5) is 14.5. The Labute approximate surface area is 159 Å². The van der Waals surface area contributed by atoms with Crippen molar-refractivity contribution in [3.05, 3.63) is 67.8 Å². The molecule has 0 aliphatic rings. The van der Waals surface area contributed by atoms with Gasteiger partial charge in [-0.3, -0.25) is 0 Å². The molecular formula is C21H24O2S2. The van der Waals surface area contributed by atoms with E-state index in [1.54, 1.807) is 0 Å². The van der Waals surface area contributed by atoms with Crippen LogP contribution in [0.25, 0.3) is 11.6 Å². The first-order valence-electron chi connectivity index (χ1n) is 8.30. The van der Waals surface area contributed by atoms with Gasteiger partial charge in [-0.15, -0.1) is 24.0 Å². The van der Waals surface area contributed by atoms with Crippen molar-refractivity contribution in [2.45, 2.75) is 34.1 Å². The highest BCUT2D eigenvalue weighted by molar-refractivity contribution is 7.84. The first-order chi connectivity index (χ1) is 11.9. The summed E-state index contributed by atoms with van der Waals surface area (Å²) in [5.74, 6) is -0.254. The van der Waals surface area contributed by atoms with Crippen LogP contribution in [0.5, 0.6) is 0 Å². The highest BCUT2D eigenvalue weighted by atomic mass is 32.1. The van der Waals surface area contributed by atoms with E-state index in [0.717, 1.165) is 21.8 Å². The van der Waals surface area contributed by atoms with E-state index in [1.165, 1.54) is 28.0 Å². The second-order valence-electron chi connectivity index (χ2n) is 6.07. The van der Waals surface area contributed by atoms with Gasteiger partial charge in [0.15, 0.2) is 0 Å². The lowest BCUT2D eigenvalue weighted by Crippen LogP contribution is -2.01. The molecule has 0 spiro atoms. The predicted octanol–water partition coefficient (Wildman–Crippen LogP) is 6.25. The van der Waals surface area contributed by atoms with Crippen molar-refractivity contribution in [2.24, 2.45) is 0 Å². The molecule has 0 bridgehead atoms. The molecule has 0 unspecified atom stereocenters. The third-order valence-electron chi connectivity index (χ3n) is 3.82.